The van der Waals surface area contributed by atoms with Crippen LogP contribution < -0.4 is 10.6 Å². The summed E-state index contributed by atoms with van der Waals surface area (Å²) in [4.78, 5) is 31.8. The molecular weight excluding hydrogens is 266 g/mol. The van der Waals surface area contributed by atoms with Gasteiger partial charge in [-0.3, -0.25) is 25.0 Å². The number of carboxylic acids is 1. The molecule has 1 amide bonds. The van der Waals surface area contributed by atoms with Gasteiger partial charge in [-0.05, 0) is 5.56 Å². The highest BCUT2D eigenvalue weighted by Gasteiger charge is 2.19. The van der Waals surface area contributed by atoms with Gasteiger partial charge in [-0.25, -0.2) is 0 Å². The van der Waals surface area contributed by atoms with E-state index in [-0.39, 0.29) is 18.1 Å². The van der Waals surface area contributed by atoms with Gasteiger partial charge in [-0.15, -0.1) is 0 Å². The number of carbonyl (C=O) groups is 2. The van der Waals surface area contributed by atoms with E-state index in [0.717, 1.165) is 0 Å². The first kappa shape index (κ1) is 15.6. The highest BCUT2D eigenvalue weighted by molar-refractivity contribution is 5.75. The summed E-state index contributed by atoms with van der Waals surface area (Å²) < 4.78 is 0. The van der Waals surface area contributed by atoms with Crippen LogP contribution in [0.25, 0.3) is 0 Å². The first-order valence-electron chi connectivity index (χ1n) is 5.87. The van der Waals surface area contributed by atoms with Crippen LogP contribution in [0.5, 0.6) is 0 Å². The van der Waals surface area contributed by atoms with Crippen molar-refractivity contribution in [2.24, 2.45) is 0 Å². The lowest BCUT2D eigenvalue weighted by molar-refractivity contribution is -0.384. The smallest absolute Gasteiger partial charge is 0.325 e. The Bertz CT molecular complexity index is 500. The van der Waals surface area contributed by atoms with E-state index in [0.29, 0.717) is 12.1 Å². The van der Waals surface area contributed by atoms with Gasteiger partial charge in [-0.2, -0.15) is 0 Å². The van der Waals surface area contributed by atoms with Gasteiger partial charge in [0.1, 0.15) is 6.04 Å². The summed E-state index contributed by atoms with van der Waals surface area (Å²) in [7, 11) is 0. The van der Waals surface area contributed by atoms with E-state index in [1.807, 2.05) is 0 Å². The molecule has 1 atom stereocenters. The lowest BCUT2D eigenvalue weighted by atomic mass is 10.1. The van der Waals surface area contributed by atoms with Crippen LogP contribution in [0.2, 0.25) is 0 Å². The first-order chi connectivity index (χ1) is 9.41. The molecule has 0 radical (unpaired) electrons. The molecule has 0 aliphatic heterocycles. The highest BCUT2D eigenvalue weighted by atomic mass is 16.6. The molecule has 0 heterocycles. The molecule has 1 unspecified atom stereocenters. The number of rotatable bonds is 7. The third-order valence-electron chi connectivity index (χ3n) is 2.53. The lowest BCUT2D eigenvalue weighted by Gasteiger charge is -2.14. The van der Waals surface area contributed by atoms with E-state index in [9.17, 15) is 19.7 Å². The predicted octanol–water partition coefficient (Wildman–Crippen LogP) is 0.446. The Kier molecular flexibility index (Phi) is 5.60. The number of nitro groups is 1. The van der Waals surface area contributed by atoms with Crippen LogP contribution in [0.3, 0.4) is 0 Å². The zero-order valence-corrected chi connectivity index (χ0v) is 10.8. The van der Waals surface area contributed by atoms with Gasteiger partial charge in [0.2, 0.25) is 5.91 Å². The molecule has 0 saturated carbocycles. The predicted molar refractivity (Wildman–Crippen MR) is 70.2 cm³/mol. The maximum absolute atomic E-state index is 11.2. The number of benzene rings is 1. The molecule has 0 aliphatic carbocycles. The van der Waals surface area contributed by atoms with Crippen molar-refractivity contribution in [2.45, 2.75) is 13.0 Å². The van der Waals surface area contributed by atoms with Gasteiger partial charge in [0.15, 0.2) is 0 Å². The number of nitro benzene ring substituents is 1. The van der Waals surface area contributed by atoms with E-state index >= 15 is 0 Å². The number of nitrogens with zero attached hydrogens (tertiary/aromatic N) is 1. The minimum Gasteiger partial charge on any atom is -0.480 e. The Morgan fingerprint density at radius 1 is 1.30 bits per heavy atom. The average molecular weight is 281 g/mol. The topological polar surface area (TPSA) is 122 Å². The summed E-state index contributed by atoms with van der Waals surface area (Å²) in [5.41, 5.74) is 0.307. The molecule has 0 spiro atoms. The third-order valence-corrected chi connectivity index (χ3v) is 2.53. The lowest BCUT2D eigenvalue weighted by Crippen LogP contribution is -2.35. The molecule has 3 N–H and O–H groups in total. The highest BCUT2D eigenvalue weighted by Crippen LogP contribution is 2.17. The number of amides is 1. The second kappa shape index (κ2) is 7.19. The van der Waals surface area contributed by atoms with E-state index < -0.39 is 16.9 Å². The van der Waals surface area contributed by atoms with Crippen LogP contribution in [0.4, 0.5) is 5.69 Å². The SMILES string of the molecule is CC(=O)NCCNC(C(=O)O)c1ccc([N+](=O)[O-])cc1. The summed E-state index contributed by atoms with van der Waals surface area (Å²) in [6.07, 6.45) is 0. The van der Waals surface area contributed by atoms with Crippen LogP contribution in [-0.2, 0) is 9.59 Å². The molecule has 20 heavy (non-hydrogen) atoms. The second-order valence-electron chi connectivity index (χ2n) is 4.06. The molecule has 108 valence electrons. The van der Waals surface area contributed by atoms with Crippen molar-refractivity contribution < 1.29 is 19.6 Å². The Balaban J connectivity index is 2.68. The normalized spacial score (nSPS) is 11.7. The molecule has 0 bridgehead atoms. The summed E-state index contributed by atoms with van der Waals surface area (Å²) in [5, 5.41) is 24.9. The van der Waals surface area contributed by atoms with Crippen molar-refractivity contribution >= 4 is 17.6 Å². The van der Waals surface area contributed by atoms with Crippen molar-refractivity contribution in [1.29, 1.82) is 0 Å². The van der Waals surface area contributed by atoms with Gasteiger partial charge in [0, 0.05) is 32.1 Å². The molecule has 1 aromatic rings. The summed E-state index contributed by atoms with van der Waals surface area (Å²) in [5.74, 6) is -1.30. The van der Waals surface area contributed by atoms with Crippen LogP contribution >= 0.6 is 0 Å². The van der Waals surface area contributed by atoms with E-state index in [1.54, 1.807) is 0 Å². The van der Waals surface area contributed by atoms with Gasteiger partial charge in [0.25, 0.3) is 5.69 Å². The second-order valence-corrected chi connectivity index (χ2v) is 4.06. The number of carboxylic acid groups (broad SMARTS) is 1. The maximum atomic E-state index is 11.2. The van der Waals surface area contributed by atoms with Crippen molar-refractivity contribution in [3.63, 3.8) is 0 Å². The fraction of sp³-hybridized carbons (Fsp3) is 0.333. The van der Waals surface area contributed by atoms with Gasteiger partial charge in [-0.1, -0.05) is 12.1 Å². The molecule has 0 aromatic heterocycles. The molecule has 0 fully saturated rings. The number of hydrogen-bond donors (Lipinski definition) is 3. The molecular formula is C12H15N3O5. The first-order valence-corrected chi connectivity index (χ1v) is 5.87. The van der Waals surface area contributed by atoms with Crippen molar-refractivity contribution in [2.75, 3.05) is 13.1 Å². The Morgan fingerprint density at radius 3 is 2.35 bits per heavy atom. The standard InChI is InChI=1S/C12H15N3O5/c1-8(16)13-6-7-14-11(12(17)18)9-2-4-10(5-3-9)15(19)20/h2-5,11,14H,6-7H2,1H3,(H,13,16)(H,17,18). The largest absolute Gasteiger partial charge is 0.480 e. The molecule has 1 rings (SSSR count). The van der Waals surface area contributed by atoms with E-state index in [1.165, 1.54) is 31.2 Å². The van der Waals surface area contributed by atoms with Crippen LogP contribution in [-0.4, -0.2) is 35.0 Å². The van der Waals surface area contributed by atoms with Crippen LogP contribution in [0.15, 0.2) is 24.3 Å². The van der Waals surface area contributed by atoms with Crippen LogP contribution in [0, 0.1) is 10.1 Å². The summed E-state index contributed by atoms with van der Waals surface area (Å²) in [6, 6.07) is 4.30. The van der Waals surface area contributed by atoms with E-state index in [2.05, 4.69) is 10.6 Å². The van der Waals surface area contributed by atoms with Crippen LogP contribution in [0.1, 0.15) is 18.5 Å². The Morgan fingerprint density at radius 2 is 1.90 bits per heavy atom. The van der Waals surface area contributed by atoms with E-state index in [4.69, 9.17) is 5.11 Å². The number of non-ortho nitro benzene ring substituents is 1. The third kappa shape index (κ3) is 4.65. The monoisotopic (exact) mass is 281 g/mol. The summed E-state index contributed by atoms with van der Waals surface area (Å²) >= 11 is 0. The minimum atomic E-state index is -1.10. The summed E-state index contributed by atoms with van der Waals surface area (Å²) in [6.45, 7) is 1.94. The zero-order chi connectivity index (χ0) is 15.1. The maximum Gasteiger partial charge on any atom is 0.325 e. The van der Waals surface area contributed by atoms with Gasteiger partial charge in [0.05, 0.1) is 4.92 Å². The van der Waals surface area contributed by atoms with Gasteiger partial charge >= 0.3 is 5.97 Å². The fourth-order valence-electron chi connectivity index (χ4n) is 1.59. The molecule has 8 heteroatoms. The fourth-order valence-corrected chi connectivity index (χ4v) is 1.59. The Labute approximate surface area is 114 Å². The van der Waals surface area contributed by atoms with Crippen molar-refractivity contribution in [3.8, 4) is 0 Å². The van der Waals surface area contributed by atoms with Crippen molar-refractivity contribution in [1.82, 2.24) is 10.6 Å². The average Bonchev–Trinajstić information content (AvgIpc) is 2.38. The zero-order valence-electron chi connectivity index (χ0n) is 10.8. The molecule has 1 aromatic carbocycles. The number of aliphatic carboxylic acids is 1. The molecule has 0 saturated heterocycles. The van der Waals surface area contributed by atoms with Gasteiger partial charge < -0.3 is 10.4 Å². The molecule has 0 aliphatic rings. The number of nitrogens with one attached hydrogen (secondary N) is 2. The number of hydrogen-bond acceptors (Lipinski definition) is 5. The van der Waals surface area contributed by atoms with Crippen molar-refractivity contribution in [3.05, 3.63) is 39.9 Å². The molecule has 8 nitrogen and oxygen atoms in total. The number of carbonyl (C=O) groups excluding carboxylic acids is 1. The quantitative estimate of drug-likeness (QED) is 0.379. The minimum absolute atomic E-state index is 0.101. The Hall–Kier alpha value is -2.48.